The quantitative estimate of drug-likeness (QED) is 0.742. The Morgan fingerprint density at radius 1 is 1.20 bits per heavy atom. The number of piperazine rings is 1. The van der Waals surface area contributed by atoms with E-state index in [0.29, 0.717) is 24.6 Å². The average molecular weight is 370 g/mol. The van der Waals surface area contributed by atoms with Crippen molar-refractivity contribution < 1.29 is 22.7 Å². The second-order valence-corrected chi connectivity index (χ2v) is 8.59. The zero-order valence-corrected chi connectivity index (χ0v) is 16.0. The molecule has 25 heavy (non-hydrogen) atoms. The molecule has 0 bridgehead atoms. The van der Waals surface area contributed by atoms with Gasteiger partial charge in [0.25, 0.3) is 0 Å². The van der Waals surface area contributed by atoms with Crippen molar-refractivity contribution in [3.05, 3.63) is 23.8 Å². The number of carbonyl (C=O) groups excluding carboxylic acids is 1. The number of hydrogen-bond acceptors (Lipinski definition) is 6. The molecular weight excluding hydrogens is 344 g/mol. The summed E-state index contributed by atoms with van der Waals surface area (Å²) in [5.41, 5.74) is 1.03. The van der Waals surface area contributed by atoms with E-state index in [4.69, 9.17) is 9.47 Å². The Kier molecular flexibility index (Phi) is 6.29. The molecule has 8 heteroatoms. The molecule has 1 heterocycles. The number of likely N-dealkylation sites (N-methyl/N-ethyl adjacent to an activating group) is 1. The fraction of sp³-hybridized carbons (Fsp3) is 0.588. The number of ether oxygens (including phenoxy) is 2. The normalized spacial score (nSPS) is 18.9. The van der Waals surface area contributed by atoms with Gasteiger partial charge in [0, 0.05) is 32.3 Å². The fourth-order valence-electron chi connectivity index (χ4n) is 2.95. The van der Waals surface area contributed by atoms with Crippen molar-refractivity contribution in [2.75, 3.05) is 52.9 Å². The molecule has 0 spiro atoms. The van der Waals surface area contributed by atoms with Gasteiger partial charge in [-0.05, 0) is 24.7 Å². The monoisotopic (exact) mass is 370 g/mol. The van der Waals surface area contributed by atoms with Gasteiger partial charge in [-0.1, -0.05) is 6.07 Å². The zero-order valence-electron chi connectivity index (χ0n) is 15.2. The van der Waals surface area contributed by atoms with Crippen molar-refractivity contribution in [3.8, 4) is 11.5 Å². The fourth-order valence-corrected chi connectivity index (χ4v) is 3.50. The number of methoxy groups -OCH3 is 2. The summed E-state index contributed by atoms with van der Waals surface area (Å²) >= 11 is 0. The van der Waals surface area contributed by atoms with Crippen LogP contribution in [0.5, 0.6) is 11.5 Å². The first-order valence-corrected chi connectivity index (χ1v) is 10.2. The van der Waals surface area contributed by atoms with Crippen molar-refractivity contribution in [2.45, 2.75) is 12.5 Å². The highest BCUT2D eigenvalue weighted by Gasteiger charge is 2.29. The van der Waals surface area contributed by atoms with Crippen LogP contribution >= 0.6 is 0 Å². The SMILES string of the molecule is COc1ccc(C2CN(C(=O)CCS(C)(=O)=O)CCN2C)cc1OC. The molecule has 1 atom stereocenters. The molecule has 2 rings (SSSR count). The van der Waals surface area contributed by atoms with Crippen molar-refractivity contribution >= 4 is 15.7 Å². The van der Waals surface area contributed by atoms with Crippen LogP contribution in [0.4, 0.5) is 0 Å². The Bertz CT molecular complexity index is 720. The number of nitrogens with zero attached hydrogens (tertiary/aromatic N) is 2. The minimum Gasteiger partial charge on any atom is -0.493 e. The third kappa shape index (κ3) is 5.09. The molecule has 1 saturated heterocycles. The molecule has 0 aromatic heterocycles. The third-order valence-electron chi connectivity index (χ3n) is 4.48. The van der Waals surface area contributed by atoms with E-state index in [9.17, 15) is 13.2 Å². The van der Waals surface area contributed by atoms with E-state index in [-0.39, 0.29) is 24.1 Å². The molecule has 1 aliphatic heterocycles. The second-order valence-electron chi connectivity index (χ2n) is 6.33. The van der Waals surface area contributed by atoms with Gasteiger partial charge in [-0.3, -0.25) is 9.69 Å². The highest BCUT2D eigenvalue weighted by atomic mass is 32.2. The Balaban J connectivity index is 2.13. The average Bonchev–Trinajstić information content (AvgIpc) is 2.58. The molecule has 0 radical (unpaired) electrons. The van der Waals surface area contributed by atoms with Crippen LogP contribution in [-0.2, 0) is 14.6 Å². The summed E-state index contributed by atoms with van der Waals surface area (Å²) in [6.07, 6.45) is 1.18. The van der Waals surface area contributed by atoms with Gasteiger partial charge >= 0.3 is 0 Å². The summed E-state index contributed by atoms with van der Waals surface area (Å²) < 4.78 is 33.2. The first-order chi connectivity index (χ1) is 11.7. The smallest absolute Gasteiger partial charge is 0.223 e. The predicted octanol–water partition coefficient (Wildman–Crippen LogP) is 0.954. The maximum absolute atomic E-state index is 12.4. The van der Waals surface area contributed by atoms with E-state index in [1.807, 2.05) is 25.2 Å². The number of hydrogen-bond donors (Lipinski definition) is 0. The molecule has 1 aromatic carbocycles. The van der Waals surface area contributed by atoms with E-state index >= 15 is 0 Å². The summed E-state index contributed by atoms with van der Waals surface area (Å²) in [5.74, 6) is 1.07. The Hall–Kier alpha value is -1.80. The van der Waals surface area contributed by atoms with Crippen LogP contribution in [0.15, 0.2) is 18.2 Å². The lowest BCUT2D eigenvalue weighted by molar-refractivity contribution is -0.133. The number of carbonyl (C=O) groups is 1. The van der Waals surface area contributed by atoms with E-state index < -0.39 is 9.84 Å². The van der Waals surface area contributed by atoms with E-state index in [1.54, 1.807) is 19.1 Å². The van der Waals surface area contributed by atoms with Gasteiger partial charge in [0.2, 0.25) is 5.91 Å². The Morgan fingerprint density at radius 3 is 2.48 bits per heavy atom. The first-order valence-electron chi connectivity index (χ1n) is 8.13. The Labute approximate surface area is 149 Å². The largest absolute Gasteiger partial charge is 0.493 e. The molecule has 140 valence electrons. The highest BCUT2D eigenvalue weighted by Crippen LogP contribution is 2.33. The lowest BCUT2D eigenvalue weighted by Crippen LogP contribution is -2.49. The number of amides is 1. The van der Waals surface area contributed by atoms with E-state index in [0.717, 1.165) is 18.4 Å². The first kappa shape index (κ1) is 19.5. The van der Waals surface area contributed by atoms with Crippen molar-refractivity contribution in [1.82, 2.24) is 9.80 Å². The summed E-state index contributed by atoms with van der Waals surface area (Å²) in [5, 5.41) is 0. The minimum absolute atomic E-state index is 0.0238. The standard InChI is InChI=1S/C17H26N2O5S/c1-18-8-9-19(17(20)7-10-25(4,21)22)12-14(18)13-5-6-15(23-2)16(11-13)24-3/h5-6,11,14H,7-10,12H2,1-4H3. The van der Waals surface area contributed by atoms with Crippen molar-refractivity contribution in [1.29, 1.82) is 0 Å². The number of benzene rings is 1. The van der Waals surface area contributed by atoms with Gasteiger partial charge in [0.05, 0.1) is 26.0 Å². The Morgan fingerprint density at radius 2 is 1.88 bits per heavy atom. The third-order valence-corrected chi connectivity index (χ3v) is 5.43. The molecule has 1 aromatic rings. The van der Waals surface area contributed by atoms with Gasteiger partial charge in [-0.25, -0.2) is 8.42 Å². The van der Waals surface area contributed by atoms with Gasteiger partial charge in [0.15, 0.2) is 11.5 Å². The van der Waals surface area contributed by atoms with Crippen LogP contribution < -0.4 is 9.47 Å². The molecule has 0 N–H and O–H groups in total. The second kappa shape index (κ2) is 8.05. The van der Waals surface area contributed by atoms with Crippen LogP contribution in [0.3, 0.4) is 0 Å². The van der Waals surface area contributed by atoms with Gasteiger partial charge in [-0.15, -0.1) is 0 Å². The topological polar surface area (TPSA) is 76.2 Å². The molecule has 0 aliphatic carbocycles. The maximum Gasteiger partial charge on any atom is 0.223 e. The van der Waals surface area contributed by atoms with Crippen molar-refractivity contribution in [3.63, 3.8) is 0 Å². The van der Waals surface area contributed by atoms with E-state index in [1.165, 1.54) is 0 Å². The van der Waals surface area contributed by atoms with Gasteiger partial charge in [-0.2, -0.15) is 0 Å². The number of rotatable bonds is 6. The van der Waals surface area contributed by atoms with Crippen LogP contribution in [0.25, 0.3) is 0 Å². The summed E-state index contributed by atoms with van der Waals surface area (Å²) in [7, 11) is 2.05. The summed E-state index contributed by atoms with van der Waals surface area (Å²) in [6.45, 7) is 1.85. The molecule has 0 saturated carbocycles. The van der Waals surface area contributed by atoms with E-state index in [2.05, 4.69) is 4.90 Å². The van der Waals surface area contributed by atoms with Gasteiger partial charge < -0.3 is 14.4 Å². The van der Waals surface area contributed by atoms with Crippen LogP contribution in [0.2, 0.25) is 0 Å². The molecule has 1 unspecified atom stereocenters. The molecular formula is C17H26N2O5S. The lowest BCUT2D eigenvalue weighted by Gasteiger charge is -2.40. The van der Waals surface area contributed by atoms with Crippen LogP contribution in [0.1, 0.15) is 18.0 Å². The molecule has 1 aliphatic rings. The summed E-state index contributed by atoms with van der Waals surface area (Å²) in [6, 6.07) is 5.76. The van der Waals surface area contributed by atoms with Crippen molar-refractivity contribution in [2.24, 2.45) is 0 Å². The maximum atomic E-state index is 12.4. The zero-order chi connectivity index (χ0) is 18.6. The predicted molar refractivity (Wildman–Crippen MR) is 95.8 cm³/mol. The summed E-state index contributed by atoms with van der Waals surface area (Å²) in [4.78, 5) is 16.3. The lowest BCUT2D eigenvalue weighted by atomic mass is 10.0. The molecule has 1 fully saturated rings. The van der Waals surface area contributed by atoms with Gasteiger partial charge in [0.1, 0.15) is 9.84 Å². The number of sulfone groups is 1. The van der Waals surface area contributed by atoms with Crippen LogP contribution in [-0.4, -0.2) is 77.0 Å². The molecule has 7 nitrogen and oxygen atoms in total. The minimum atomic E-state index is -3.14. The van der Waals surface area contributed by atoms with Crippen LogP contribution in [0, 0.1) is 0 Å². The molecule has 1 amide bonds. The highest BCUT2D eigenvalue weighted by molar-refractivity contribution is 7.90.